The van der Waals surface area contributed by atoms with Crippen LogP contribution in [0.15, 0.2) is 146 Å². The van der Waals surface area contributed by atoms with Crippen molar-refractivity contribution in [2.45, 2.75) is 37.5 Å². The molecule has 1 spiro atoms. The van der Waals surface area contributed by atoms with Crippen molar-refractivity contribution in [2.24, 2.45) is 0 Å². The highest BCUT2D eigenvalue weighted by molar-refractivity contribution is 5.85. The van der Waals surface area contributed by atoms with Gasteiger partial charge in [0.2, 0.25) is 0 Å². The Hall–Kier alpha value is -6.18. The van der Waals surface area contributed by atoms with Gasteiger partial charge in [-0.1, -0.05) is 116 Å². The maximum absolute atomic E-state index is 9.74. The van der Waals surface area contributed by atoms with Crippen molar-refractivity contribution in [3.8, 4) is 73.4 Å². The molecule has 0 unspecified atom stereocenters. The van der Waals surface area contributed by atoms with E-state index in [1.165, 1.54) is 47.1 Å². The molecule has 50 heavy (non-hydrogen) atoms. The first-order chi connectivity index (χ1) is 24.7. The van der Waals surface area contributed by atoms with Gasteiger partial charge in [0.1, 0.15) is 0 Å². The van der Waals surface area contributed by atoms with Crippen LogP contribution in [0.5, 0.6) is 0 Å². The normalized spacial score (nSPS) is 14.1. The molecule has 5 aromatic carbocycles. The fourth-order valence-corrected chi connectivity index (χ4v) is 8.12. The number of nitrogens with zero attached hydrogens (tertiary/aromatic N) is 4. The SMILES string of the molecule is N#Cc1ccc2c(c1)C1(CCCCC1)c1cc(-c3cccc(-c4cc(-c5ccc(-c6cccnc6)cc5)nc(-c5ccccc5)n4)c3)ccc1-2. The number of nitriles is 1. The first-order valence-electron chi connectivity index (χ1n) is 17.4. The molecule has 4 heteroatoms. The van der Waals surface area contributed by atoms with E-state index in [0.717, 1.165) is 63.2 Å². The second kappa shape index (κ2) is 12.4. The zero-order valence-electron chi connectivity index (χ0n) is 27.7. The zero-order valence-corrected chi connectivity index (χ0v) is 27.7. The Labute approximate surface area is 292 Å². The lowest BCUT2D eigenvalue weighted by Gasteiger charge is -2.36. The van der Waals surface area contributed by atoms with Crippen LogP contribution in [0, 0.1) is 11.3 Å². The van der Waals surface area contributed by atoms with Crippen LogP contribution < -0.4 is 0 Å². The van der Waals surface area contributed by atoms with Crippen molar-refractivity contribution in [1.82, 2.24) is 15.0 Å². The summed E-state index contributed by atoms with van der Waals surface area (Å²) in [5.74, 6) is 0.700. The van der Waals surface area contributed by atoms with Crippen molar-refractivity contribution in [2.75, 3.05) is 0 Å². The molecule has 0 N–H and O–H groups in total. The molecule has 0 saturated heterocycles. The standard InChI is InChI=1S/C46H34N4/c47-29-31-14-20-39-40-21-19-36(27-42(40)46(41(39)25-31)22-5-2-6-23-46)35-11-7-12-37(26-35)44-28-43(49-45(50-44)34-9-3-1-4-10-34)33-17-15-32(16-18-33)38-13-8-24-48-30-38/h1,3-4,7-21,24-28,30H,2,5-6,22-23H2. The summed E-state index contributed by atoms with van der Waals surface area (Å²) in [4.78, 5) is 14.5. The van der Waals surface area contributed by atoms with Crippen LogP contribution in [-0.2, 0) is 5.41 Å². The Balaban J connectivity index is 1.13. The van der Waals surface area contributed by atoms with Crippen LogP contribution in [0.4, 0.5) is 0 Å². The van der Waals surface area contributed by atoms with E-state index >= 15 is 0 Å². The van der Waals surface area contributed by atoms with Crippen LogP contribution >= 0.6 is 0 Å². The Kier molecular flexibility index (Phi) is 7.40. The summed E-state index contributed by atoms with van der Waals surface area (Å²) < 4.78 is 0. The van der Waals surface area contributed by atoms with Crippen molar-refractivity contribution in [3.63, 3.8) is 0 Å². The summed E-state index contributed by atoms with van der Waals surface area (Å²) in [7, 11) is 0. The topological polar surface area (TPSA) is 62.5 Å². The largest absolute Gasteiger partial charge is 0.264 e. The first-order valence-corrected chi connectivity index (χ1v) is 17.4. The van der Waals surface area contributed by atoms with Crippen LogP contribution in [0.3, 0.4) is 0 Å². The van der Waals surface area contributed by atoms with E-state index in [9.17, 15) is 5.26 Å². The molecule has 0 atom stereocenters. The van der Waals surface area contributed by atoms with Gasteiger partial charge in [0, 0.05) is 34.5 Å². The summed E-state index contributed by atoms with van der Waals surface area (Å²) >= 11 is 0. The highest BCUT2D eigenvalue weighted by Gasteiger charge is 2.44. The zero-order chi connectivity index (χ0) is 33.5. The van der Waals surface area contributed by atoms with Crippen LogP contribution in [0.25, 0.3) is 67.3 Å². The number of hydrogen-bond acceptors (Lipinski definition) is 4. The first kappa shape index (κ1) is 29.9. The Morgan fingerprint density at radius 3 is 1.90 bits per heavy atom. The quantitative estimate of drug-likeness (QED) is 0.187. The number of aromatic nitrogens is 3. The van der Waals surface area contributed by atoms with Crippen molar-refractivity contribution >= 4 is 0 Å². The maximum Gasteiger partial charge on any atom is 0.160 e. The van der Waals surface area contributed by atoms with Gasteiger partial charge in [-0.3, -0.25) is 4.98 Å². The Bertz CT molecular complexity index is 2400. The molecule has 7 aromatic rings. The van der Waals surface area contributed by atoms with E-state index < -0.39 is 0 Å². The fraction of sp³-hybridized carbons (Fsp3) is 0.130. The average Bonchev–Trinajstić information content (AvgIpc) is 3.45. The fourth-order valence-electron chi connectivity index (χ4n) is 8.12. The lowest BCUT2D eigenvalue weighted by atomic mass is 9.67. The molecule has 0 aliphatic heterocycles. The van der Waals surface area contributed by atoms with E-state index in [1.54, 1.807) is 6.20 Å². The van der Waals surface area contributed by atoms with Gasteiger partial charge in [0.25, 0.3) is 0 Å². The highest BCUT2D eigenvalue weighted by atomic mass is 14.9. The molecule has 2 aliphatic rings. The third kappa shape index (κ3) is 5.19. The molecular weight excluding hydrogens is 609 g/mol. The predicted molar refractivity (Wildman–Crippen MR) is 201 cm³/mol. The van der Waals surface area contributed by atoms with E-state index in [4.69, 9.17) is 9.97 Å². The number of benzene rings is 5. The third-order valence-corrected chi connectivity index (χ3v) is 10.6. The second-order valence-electron chi connectivity index (χ2n) is 13.5. The monoisotopic (exact) mass is 642 g/mol. The summed E-state index contributed by atoms with van der Waals surface area (Å²) in [5, 5.41) is 9.74. The minimum absolute atomic E-state index is 0.0257. The van der Waals surface area contributed by atoms with Crippen LogP contribution in [-0.4, -0.2) is 15.0 Å². The van der Waals surface area contributed by atoms with Gasteiger partial charge in [-0.15, -0.1) is 0 Å². The average molecular weight is 643 g/mol. The smallest absolute Gasteiger partial charge is 0.160 e. The lowest BCUT2D eigenvalue weighted by molar-refractivity contribution is 0.353. The van der Waals surface area contributed by atoms with Gasteiger partial charge in [0.15, 0.2) is 5.82 Å². The Morgan fingerprint density at radius 1 is 0.500 bits per heavy atom. The Morgan fingerprint density at radius 2 is 1.14 bits per heavy atom. The molecule has 2 heterocycles. The van der Waals surface area contributed by atoms with Gasteiger partial charge in [0.05, 0.1) is 23.0 Å². The second-order valence-corrected chi connectivity index (χ2v) is 13.5. The van der Waals surface area contributed by atoms with E-state index in [0.29, 0.717) is 5.82 Å². The summed E-state index contributed by atoms with van der Waals surface area (Å²) in [6.45, 7) is 0. The van der Waals surface area contributed by atoms with Gasteiger partial charge >= 0.3 is 0 Å². The lowest BCUT2D eigenvalue weighted by Crippen LogP contribution is -2.28. The van der Waals surface area contributed by atoms with Crippen LogP contribution in [0.1, 0.15) is 48.8 Å². The molecule has 9 rings (SSSR count). The molecule has 1 saturated carbocycles. The molecule has 0 radical (unpaired) electrons. The van der Waals surface area contributed by atoms with Gasteiger partial charge in [-0.25, -0.2) is 9.97 Å². The van der Waals surface area contributed by atoms with Gasteiger partial charge in [-0.2, -0.15) is 5.26 Å². The maximum atomic E-state index is 9.74. The summed E-state index contributed by atoms with van der Waals surface area (Å²) in [6.07, 6.45) is 9.62. The minimum Gasteiger partial charge on any atom is -0.264 e. The molecule has 4 nitrogen and oxygen atoms in total. The molecule has 2 aromatic heterocycles. The third-order valence-electron chi connectivity index (χ3n) is 10.6. The molecule has 0 bridgehead atoms. The summed E-state index contributed by atoms with van der Waals surface area (Å²) in [5.41, 5.74) is 15.5. The predicted octanol–water partition coefficient (Wildman–Crippen LogP) is 11.3. The van der Waals surface area contributed by atoms with Crippen LogP contribution in [0.2, 0.25) is 0 Å². The molecular formula is C46H34N4. The van der Waals surface area contributed by atoms with E-state index in [1.807, 2.05) is 36.5 Å². The van der Waals surface area contributed by atoms with Crippen molar-refractivity contribution in [3.05, 3.63) is 163 Å². The number of pyridine rings is 1. The van der Waals surface area contributed by atoms with E-state index in [-0.39, 0.29) is 5.41 Å². The van der Waals surface area contributed by atoms with Crippen molar-refractivity contribution < 1.29 is 0 Å². The number of rotatable bonds is 5. The molecule has 1 fully saturated rings. The molecule has 238 valence electrons. The number of fused-ring (bicyclic) bond motifs is 5. The van der Waals surface area contributed by atoms with Crippen molar-refractivity contribution in [1.29, 1.82) is 5.26 Å². The number of hydrogen-bond donors (Lipinski definition) is 0. The van der Waals surface area contributed by atoms with Gasteiger partial charge < -0.3 is 0 Å². The minimum atomic E-state index is -0.0257. The van der Waals surface area contributed by atoms with E-state index in [2.05, 4.69) is 114 Å². The molecule has 0 amide bonds. The molecule has 2 aliphatic carbocycles. The van der Waals surface area contributed by atoms with Gasteiger partial charge in [-0.05, 0) is 93.7 Å². The summed E-state index contributed by atoms with van der Waals surface area (Å²) in [6, 6.07) is 49.3. The highest BCUT2D eigenvalue weighted by Crippen LogP contribution is 2.56.